The summed E-state index contributed by atoms with van der Waals surface area (Å²) in [6, 6.07) is 16.4. The first-order valence-corrected chi connectivity index (χ1v) is 12.1. The minimum absolute atomic E-state index is 0.137. The Morgan fingerprint density at radius 2 is 1.74 bits per heavy atom. The second-order valence-corrected chi connectivity index (χ2v) is 8.79. The number of unbranched alkanes of at least 4 members (excludes halogenated alkanes) is 1. The Bertz CT molecular complexity index is 1240. The van der Waals surface area contributed by atoms with E-state index < -0.39 is 6.04 Å². The molecule has 1 heterocycles. The lowest BCUT2D eigenvalue weighted by molar-refractivity contribution is -0.140. The van der Waals surface area contributed by atoms with Crippen molar-refractivity contribution in [3.8, 4) is 0 Å². The van der Waals surface area contributed by atoms with Crippen molar-refractivity contribution in [1.82, 2.24) is 10.2 Å². The highest BCUT2D eigenvalue weighted by molar-refractivity contribution is 6.26. The summed E-state index contributed by atoms with van der Waals surface area (Å²) in [4.78, 5) is 42.9. The molecule has 0 spiro atoms. The maximum atomic E-state index is 13.7. The van der Waals surface area contributed by atoms with E-state index in [1.807, 2.05) is 44.2 Å². The Balaban J connectivity index is 1.62. The van der Waals surface area contributed by atoms with Crippen molar-refractivity contribution in [2.45, 2.75) is 45.7 Å². The molecule has 0 aliphatic carbocycles. The molecule has 0 bridgehead atoms. The highest BCUT2D eigenvalue weighted by Gasteiger charge is 2.35. The lowest BCUT2D eigenvalue weighted by atomic mass is 10.1. The van der Waals surface area contributed by atoms with Crippen molar-refractivity contribution in [3.05, 3.63) is 77.6 Å². The quantitative estimate of drug-likeness (QED) is 0.434. The molecule has 182 valence electrons. The maximum absolute atomic E-state index is 13.7. The highest BCUT2D eigenvalue weighted by atomic mass is 19.1. The predicted octanol–water partition coefficient (Wildman–Crippen LogP) is 4.66. The molecule has 0 saturated carbocycles. The number of hydrogen-bond acceptors (Lipinski definition) is 3. The molecule has 1 N–H and O–H groups in total. The van der Waals surface area contributed by atoms with E-state index in [1.54, 1.807) is 18.2 Å². The fourth-order valence-electron chi connectivity index (χ4n) is 4.57. The molecule has 0 aromatic heterocycles. The molecule has 6 nitrogen and oxygen atoms in total. The number of amides is 3. The van der Waals surface area contributed by atoms with Crippen LogP contribution in [0.2, 0.25) is 0 Å². The van der Waals surface area contributed by atoms with Crippen LogP contribution in [0.4, 0.5) is 10.1 Å². The average Bonchev–Trinajstić information content (AvgIpc) is 3.13. The summed E-state index contributed by atoms with van der Waals surface area (Å²) >= 11 is 0. The van der Waals surface area contributed by atoms with Gasteiger partial charge in [-0.3, -0.25) is 19.3 Å². The fourth-order valence-corrected chi connectivity index (χ4v) is 4.57. The van der Waals surface area contributed by atoms with Crippen molar-refractivity contribution in [1.29, 1.82) is 0 Å². The van der Waals surface area contributed by atoms with E-state index in [2.05, 4.69) is 5.32 Å². The van der Waals surface area contributed by atoms with Crippen LogP contribution in [0.15, 0.2) is 60.7 Å². The van der Waals surface area contributed by atoms with Gasteiger partial charge in [-0.05, 0) is 48.1 Å². The van der Waals surface area contributed by atoms with Gasteiger partial charge in [-0.1, -0.05) is 56.7 Å². The van der Waals surface area contributed by atoms with Crippen LogP contribution in [-0.2, 0) is 16.1 Å². The summed E-state index contributed by atoms with van der Waals surface area (Å²) in [6.45, 7) is 4.38. The number of anilines is 1. The van der Waals surface area contributed by atoms with Crippen LogP contribution in [0, 0.1) is 5.82 Å². The second-order valence-electron chi connectivity index (χ2n) is 8.79. The predicted molar refractivity (Wildman–Crippen MR) is 135 cm³/mol. The SMILES string of the molecule is CCCCNC(=O)[C@@H](CC)N(Cc1ccc(F)cc1)C(=O)CN1C(=O)c2cccc3cccc1c23. The van der Waals surface area contributed by atoms with Crippen molar-refractivity contribution < 1.29 is 18.8 Å². The first kappa shape index (κ1) is 24.4. The van der Waals surface area contributed by atoms with Crippen molar-refractivity contribution in [3.63, 3.8) is 0 Å². The van der Waals surface area contributed by atoms with E-state index in [1.165, 1.54) is 21.9 Å². The van der Waals surface area contributed by atoms with Crippen LogP contribution in [0.25, 0.3) is 10.8 Å². The monoisotopic (exact) mass is 475 g/mol. The molecule has 3 aromatic rings. The fraction of sp³-hybridized carbons (Fsp3) is 0.321. The molecule has 3 aromatic carbocycles. The lowest BCUT2D eigenvalue weighted by Crippen LogP contribution is -2.52. The Morgan fingerprint density at radius 1 is 1.03 bits per heavy atom. The van der Waals surface area contributed by atoms with E-state index >= 15 is 0 Å². The molecule has 0 fully saturated rings. The zero-order chi connectivity index (χ0) is 24.9. The smallest absolute Gasteiger partial charge is 0.259 e. The van der Waals surface area contributed by atoms with Crippen molar-refractivity contribution >= 4 is 34.2 Å². The third kappa shape index (κ3) is 5.04. The van der Waals surface area contributed by atoms with Crippen LogP contribution in [-0.4, -0.2) is 41.8 Å². The van der Waals surface area contributed by atoms with Gasteiger partial charge in [0.15, 0.2) is 0 Å². The molecule has 0 unspecified atom stereocenters. The summed E-state index contributed by atoms with van der Waals surface area (Å²) in [7, 11) is 0. The molecule has 1 atom stereocenters. The molecular formula is C28H30FN3O3. The van der Waals surface area contributed by atoms with Crippen LogP contribution < -0.4 is 10.2 Å². The van der Waals surface area contributed by atoms with Crippen LogP contribution in [0.3, 0.4) is 0 Å². The molecule has 3 amide bonds. The molecule has 0 radical (unpaired) electrons. The third-order valence-electron chi connectivity index (χ3n) is 6.42. The minimum atomic E-state index is -0.708. The van der Waals surface area contributed by atoms with Crippen molar-refractivity contribution in [2.24, 2.45) is 0 Å². The van der Waals surface area contributed by atoms with Gasteiger partial charge in [0.25, 0.3) is 5.91 Å². The molecule has 1 aliphatic rings. The van der Waals surface area contributed by atoms with Gasteiger partial charge in [-0.25, -0.2) is 4.39 Å². The summed E-state index contributed by atoms with van der Waals surface area (Å²) in [6.07, 6.45) is 2.20. The van der Waals surface area contributed by atoms with E-state index in [-0.39, 0.29) is 36.6 Å². The number of nitrogens with one attached hydrogen (secondary N) is 1. The highest BCUT2D eigenvalue weighted by Crippen LogP contribution is 2.37. The summed E-state index contributed by atoms with van der Waals surface area (Å²) in [5.41, 5.74) is 1.97. The lowest BCUT2D eigenvalue weighted by Gasteiger charge is -2.32. The zero-order valence-corrected chi connectivity index (χ0v) is 20.1. The zero-order valence-electron chi connectivity index (χ0n) is 20.1. The molecule has 7 heteroatoms. The van der Waals surface area contributed by atoms with Gasteiger partial charge in [-0.15, -0.1) is 0 Å². The van der Waals surface area contributed by atoms with Crippen LogP contribution in [0.5, 0.6) is 0 Å². The first-order chi connectivity index (χ1) is 16.9. The Hall–Kier alpha value is -3.74. The average molecular weight is 476 g/mol. The Morgan fingerprint density at radius 3 is 2.43 bits per heavy atom. The van der Waals surface area contributed by atoms with Gasteiger partial charge in [-0.2, -0.15) is 0 Å². The first-order valence-electron chi connectivity index (χ1n) is 12.1. The molecule has 1 aliphatic heterocycles. The van der Waals surface area contributed by atoms with Gasteiger partial charge < -0.3 is 10.2 Å². The van der Waals surface area contributed by atoms with Gasteiger partial charge >= 0.3 is 0 Å². The maximum Gasteiger partial charge on any atom is 0.259 e. The number of hydrogen-bond donors (Lipinski definition) is 1. The van der Waals surface area contributed by atoms with E-state index in [0.717, 1.165) is 23.6 Å². The number of nitrogens with zero attached hydrogens (tertiary/aromatic N) is 2. The van der Waals surface area contributed by atoms with Crippen LogP contribution >= 0.6 is 0 Å². The summed E-state index contributed by atoms with van der Waals surface area (Å²) in [5.74, 6) is -1.17. The third-order valence-corrected chi connectivity index (χ3v) is 6.42. The number of rotatable bonds is 10. The standard InChI is InChI=1S/C28H30FN3O3/c1-3-5-16-30-27(34)23(4-2)31(17-19-12-14-21(29)15-13-19)25(33)18-32-24-11-7-9-20-8-6-10-22(26(20)24)28(32)35/h6-15,23H,3-5,16-18H2,1-2H3,(H,30,34)/t23-/m1/s1. The topological polar surface area (TPSA) is 69.7 Å². The molecular weight excluding hydrogens is 445 g/mol. The number of carbonyl (C=O) groups is 3. The van der Waals surface area contributed by atoms with Gasteiger partial charge in [0.05, 0.1) is 5.69 Å². The number of halogens is 1. The Labute approximate surface area is 204 Å². The number of benzene rings is 3. The van der Waals surface area contributed by atoms with E-state index in [9.17, 15) is 18.8 Å². The van der Waals surface area contributed by atoms with Crippen molar-refractivity contribution in [2.75, 3.05) is 18.0 Å². The second kappa shape index (κ2) is 10.7. The largest absolute Gasteiger partial charge is 0.354 e. The summed E-state index contributed by atoms with van der Waals surface area (Å²) < 4.78 is 13.5. The van der Waals surface area contributed by atoms with Gasteiger partial charge in [0.2, 0.25) is 11.8 Å². The Kier molecular flexibility index (Phi) is 7.44. The molecule has 4 rings (SSSR count). The normalized spacial score (nSPS) is 13.2. The summed E-state index contributed by atoms with van der Waals surface area (Å²) in [5, 5.41) is 4.70. The number of carbonyl (C=O) groups excluding carboxylic acids is 3. The molecule has 35 heavy (non-hydrogen) atoms. The van der Waals surface area contributed by atoms with Gasteiger partial charge in [0.1, 0.15) is 18.4 Å². The molecule has 0 saturated heterocycles. The van der Waals surface area contributed by atoms with E-state index in [0.29, 0.717) is 29.8 Å². The van der Waals surface area contributed by atoms with Gasteiger partial charge in [0, 0.05) is 24.0 Å². The van der Waals surface area contributed by atoms with Crippen LogP contribution in [0.1, 0.15) is 49.0 Å². The minimum Gasteiger partial charge on any atom is -0.354 e. The van der Waals surface area contributed by atoms with E-state index in [4.69, 9.17) is 0 Å².